The fourth-order valence-electron chi connectivity index (χ4n) is 11.4. The molecular formula is C73H103N7O26S4. The Labute approximate surface area is 655 Å². The number of carbonyl (C=O) groups excluding carboxylic acids is 17. The second-order valence-corrected chi connectivity index (χ2v) is 31.3. The van der Waals surface area contributed by atoms with Gasteiger partial charge in [0.25, 0.3) is 5.91 Å². The van der Waals surface area contributed by atoms with Gasteiger partial charge in [-0.25, -0.2) is 0 Å². The van der Waals surface area contributed by atoms with Crippen molar-refractivity contribution in [3.63, 3.8) is 0 Å². The molecule has 0 aromatic heterocycles. The first-order valence-corrected chi connectivity index (χ1v) is 40.9. The van der Waals surface area contributed by atoms with Gasteiger partial charge in [0.2, 0.25) is 58.6 Å². The number of carbonyl (C=O) groups is 17. The standard InChI is InChI=1S/C73H103N7O26S4/c1-50(81)72(51(2)82,52(3)83)60(86)18-27-99-31-35-103-40-41-105-37-33-101-29-22-76-62(88)20-43-108-59-46-67(93)78(70(59)96)23-5-10-64(90)80(69(95)49-106-48-57(85)44-55-13-11-54(12-14-55)15-16-65(91)77-24-17-66(77)92)47-63(89)75-21-25-79-68(94)45-58(71(79)97)107-42-7-9-56(74)8-6-26-98-30-34-102-38-39-104-36-32-100-28-19-61(87)73(53(4)84)109-110-73/h11-14,58-59,74H,5-10,15-49H2,1-4H3,(H,75,89)(H,76,88). The van der Waals surface area contributed by atoms with Crippen molar-refractivity contribution in [2.24, 2.45) is 5.41 Å². The molecule has 2 atom stereocenters. The summed E-state index contributed by atoms with van der Waals surface area (Å²) in [6.07, 6.45) is 2.26. The third-order valence-corrected chi connectivity index (χ3v) is 23.2. The van der Waals surface area contributed by atoms with Crippen molar-refractivity contribution >= 4 is 150 Å². The van der Waals surface area contributed by atoms with Gasteiger partial charge in [-0.15, -0.1) is 23.5 Å². The number of hydrogen-bond donors (Lipinski definition) is 3. The molecule has 4 aliphatic heterocycles. The Bertz CT molecular complexity index is 3340. The van der Waals surface area contributed by atoms with Crippen LogP contribution in [-0.2, 0) is 137 Å². The van der Waals surface area contributed by atoms with Crippen LogP contribution in [0.25, 0.3) is 0 Å². The predicted molar refractivity (Wildman–Crippen MR) is 402 cm³/mol. The number of ketones is 7. The Balaban J connectivity index is 0.943. The minimum Gasteiger partial charge on any atom is -0.379 e. The fraction of sp³-hybridized carbons (Fsp3) is 0.671. The van der Waals surface area contributed by atoms with E-state index in [9.17, 15) is 81.5 Å². The molecule has 3 N–H and O–H groups in total. The molecule has 0 radical (unpaired) electrons. The molecule has 1 aromatic rings. The second-order valence-electron chi connectivity index (χ2n) is 25.8. The van der Waals surface area contributed by atoms with Crippen molar-refractivity contribution in [2.75, 3.05) is 170 Å². The summed E-state index contributed by atoms with van der Waals surface area (Å²) < 4.78 is 48.3. The Hall–Kier alpha value is -6.88. The van der Waals surface area contributed by atoms with Crippen LogP contribution in [0.3, 0.4) is 0 Å². The molecule has 110 heavy (non-hydrogen) atoms. The molecule has 4 heterocycles. The van der Waals surface area contributed by atoms with Gasteiger partial charge in [-0.3, -0.25) is 101 Å². The van der Waals surface area contributed by atoms with Crippen molar-refractivity contribution in [3.8, 4) is 0 Å². The molecule has 0 aliphatic carbocycles. The maximum Gasteiger partial charge on any atom is 0.255 e. The number of thioether (sulfide) groups is 2. The number of likely N-dealkylation sites (tertiary alicyclic amines) is 3. The summed E-state index contributed by atoms with van der Waals surface area (Å²) in [5.74, 6) is -8.60. The van der Waals surface area contributed by atoms with E-state index in [0.29, 0.717) is 113 Å². The SMILES string of the molecule is CC(=O)C1(C(=O)CCOCCOCCOCCOCCCC(=N)CCCSC2CC(=O)N(CCNC(=O)CN(C(=O)CCCN3C(=O)CC(SCCC(=O)NCCOCCOCCOCCOCCC(=O)C(C(C)=O)(C(C)=O)C(C)=O)C3=O)C(=O)COCC(=O)Cc3ccc(CCC(=O)N4CCC4=O)cc3)C2=O)SS1. The third kappa shape index (κ3) is 32.3. The smallest absolute Gasteiger partial charge is 0.255 e. The van der Waals surface area contributed by atoms with Crippen molar-refractivity contribution in [3.05, 3.63) is 35.4 Å². The molecule has 5 rings (SSSR count). The number of Topliss-reactive ketones (excluding diaryl/α,β-unsaturated/α-hetero) is 7. The highest BCUT2D eigenvalue weighted by atomic mass is 33.2. The number of nitrogens with one attached hydrogen (secondary N) is 3. The molecule has 1 aromatic carbocycles. The molecular weight excluding hydrogens is 1520 g/mol. The average molecular weight is 1620 g/mol. The first kappa shape index (κ1) is 93.7. The number of benzene rings is 1. The van der Waals surface area contributed by atoms with Crippen LogP contribution in [0.15, 0.2) is 24.3 Å². The van der Waals surface area contributed by atoms with Crippen molar-refractivity contribution < 1.29 is 124 Å². The van der Waals surface area contributed by atoms with Gasteiger partial charge in [-0.2, -0.15) is 0 Å². The average Bonchev–Trinajstić information content (AvgIpc) is 1.52. The molecule has 0 spiro atoms. The number of ether oxygens (including phenoxy) is 9. The van der Waals surface area contributed by atoms with E-state index in [2.05, 4.69) is 10.6 Å². The van der Waals surface area contributed by atoms with E-state index in [0.717, 1.165) is 47.9 Å². The zero-order chi connectivity index (χ0) is 80.4. The normalized spacial score (nSPS) is 15.9. The lowest BCUT2D eigenvalue weighted by atomic mass is 9.72. The quantitative estimate of drug-likeness (QED) is 0.0160. The van der Waals surface area contributed by atoms with E-state index >= 15 is 0 Å². The number of nitrogens with zero attached hydrogens (tertiary/aromatic N) is 4. The van der Waals surface area contributed by atoms with Crippen LogP contribution in [-0.4, -0.2) is 309 Å². The highest BCUT2D eigenvalue weighted by Gasteiger charge is 2.57. The zero-order valence-electron chi connectivity index (χ0n) is 63.0. The van der Waals surface area contributed by atoms with Crippen molar-refractivity contribution in [1.82, 2.24) is 30.2 Å². The fourth-order valence-corrected chi connectivity index (χ4v) is 15.9. The van der Waals surface area contributed by atoms with E-state index in [4.69, 9.17) is 48.0 Å². The Kier molecular flexibility index (Phi) is 43.4. The maximum atomic E-state index is 13.8. The van der Waals surface area contributed by atoms with Gasteiger partial charge in [-0.05, 0) is 83.1 Å². The van der Waals surface area contributed by atoms with Crippen molar-refractivity contribution in [2.45, 2.75) is 139 Å². The molecule has 0 saturated carbocycles. The number of imide groups is 4. The molecule has 2 unspecified atom stereocenters. The first-order valence-electron chi connectivity index (χ1n) is 36.7. The van der Waals surface area contributed by atoms with E-state index in [1.165, 1.54) is 45.2 Å². The molecule has 37 heteroatoms. The second kappa shape index (κ2) is 51.0. The summed E-state index contributed by atoms with van der Waals surface area (Å²) in [4.78, 5) is 220. The van der Waals surface area contributed by atoms with Gasteiger partial charge in [-0.1, -0.05) is 45.9 Å². The van der Waals surface area contributed by atoms with Crippen LogP contribution >= 0.6 is 45.1 Å². The topological polar surface area (TPSA) is 434 Å². The molecule has 4 aliphatic rings. The van der Waals surface area contributed by atoms with E-state index in [1.807, 2.05) is 0 Å². The molecule has 10 amide bonds. The summed E-state index contributed by atoms with van der Waals surface area (Å²) in [6.45, 7) is 6.44. The number of hydrogen-bond acceptors (Lipinski definition) is 31. The van der Waals surface area contributed by atoms with Gasteiger partial charge in [0.15, 0.2) is 44.6 Å². The van der Waals surface area contributed by atoms with Crippen LogP contribution in [0.1, 0.15) is 122 Å². The van der Waals surface area contributed by atoms with Gasteiger partial charge < -0.3 is 58.7 Å². The van der Waals surface area contributed by atoms with Gasteiger partial charge in [0.05, 0.1) is 110 Å². The zero-order valence-corrected chi connectivity index (χ0v) is 66.3. The molecule has 0 bridgehead atoms. The monoisotopic (exact) mass is 1620 g/mol. The number of amides is 10. The largest absolute Gasteiger partial charge is 0.379 e. The Morgan fingerprint density at radius 1 is 0.518 bits per heavy atom. The summed E-state index contributed by atoms with van der Waals surface area (Å²) in [6, 6.07) is 6.92. The lowest BCUT2D eigenvalue weighted by molar-refractivity contribution is -0.155. The van der Waals surface area contributed by atoms with Crippen LogP contribution in [0.5, 0.6) is 0 Å². The predicted octanol–water partition coefficient (Wildman–Crippen LogP) is 2.05. The molecule has 4 fully saturated rings. The summed E-state index contributed by atoms with van der Waals surface area (Å²) in [5, 5.41) is 12.2. The lowest BCUT2D eigenvalue weighted by Gasteiger charge is -2.28. The first-order chi connectivity index (χ1) is 52.7. The number of aryl methyl sites for hydroxylation is 1. The van der Waals surface area contributed by atoms with Gasteiger partial charge in [0.1, 0.15) is 19.8 Å². The molecule has 4 saturated heterocycles. The highest BCUT2D eigenvalue weighted by molar-refractivity contribution is 8.94. The van der Waals surface area contributed by atoms with Gasteiger partial charge >= 0.3 is 0 Å². The van der Waals surface area contributed by atoms with Crippen molar-refractivity contribution in [1.29, 1.82) is 5.41 Å². The highest BCUT2D eigenvalue weighted by Crippen LogP contribution is 2.66. The van der Waals surface area contributed by atoms with Crippen LogP contribution < -0.4 is 10.6 Å². The lowest BCUT2D eigenvalue weighted by Crippen LogP contribution is -2.50. The van der Waals surface area contributed by atoms with Crippen LogP contribution in [0, 0.1) is 10.8 Å². The maximum absolute atomic E-state index is 13.8. The van der Waals surface area contributed by atoms with E-state index in [1.54, 1.807) is 24.3 Å². The van der Waals surface area contributed by atoms with Crippen LogP contribution in [0.4, 0.5) is 0 Å². The van der Waals surface area contributed by atoms with Crippen LogP contribution in [0.2, 0.25) is 0 Å². The molecule has 610 valence electrons. The summed E-state index contributed by atoms with van der Waals surface area (Å²) in [7, 11) is 2.56. The van der Waals surface area contributed by atoms with Gasteiger partial charge in [0, 0.05) is 109 Å². The number of rotatable bonds is 64. The minimum atomic E-state index is -2.30. The summed E-state index contributed by atoms with van der Waals surface area (Å²) >= 11 is 2.43. The third-order valence-electron chi connectivity index (χ3n) is 17.6. The summed E-state index contributed by atoms with van der Waals surface area (Å²) in [5.41, 5.74) is -0.340. The van der Waals surface area contributed by atoms with E-state index in [-0.39, 0.29) is 172 Å². The number of β-lactam (4-membered cyclic amide) rings is 1. The van der Waals surface area contributed by atoms with E-state index < -0.39 is 116 Å². The molecule has 33 nitrogen and oxygen atoms in total. The minimum absolute atomic E-state index is 0.0320. The Morgan fingerprint density at radius 3 is 1.55 bits per heavy atom. The Morgan fingerprint density at radius 2 is 1.02 bits per heavy atom.